The summed E-state index contributed by atoms with van der Waals surface area (Å²) < 4.78 is 25.7. The van der Waals surface area contributed by atoms with E-state index in [1.807, 2.05) is 0 Å². The van der Waals surface area contributed by atoms with E-state index < -0.39 is 11.2 Å². The highest BCUT2D eigenvalue weighted by Crippen LogP contribution is 2.49. The Bertz CT molecular complexity index is 2010. The molecule has 4 nitrogen and oxygen atoms in total. The van der Waals surface area contributed by atoms with Crippen molar-refractivity contribution < 1.29 is 18.2 Å². The van der Waals surface area contributed by atoms with Crippen molar-refractivity contribution in [1.82, 2.24) is 0 Å². The van der Waals surface area contributed by atoms with Gasteiger partial charge in [-0.15, -0.1) is 0 Å². The molecular weight excluding hydrogens is 507 g/mol. The van der Waals surface area contributed by atoms with Crippen molar-refractivity contribution >= 4 is 56.3 Å². The summed E-state index contributed by atoms with van der Waals surface area (Å²) in [5.41, 5.74) is 9.50. The summed E-state index contributed by atoms with van der Waals surface area (Å²) >= 11 is 0. The van der Waals surface area contributed by atoms with Gasteiger partial charge in [-0.25, -0.2) is 0 Å². The Hall–Kier alpha value is -3.80. The zero-order valence-electron chi connectivity index (χ0n) is 24.8. The van der Waals surface area contributed by atoms with Crippen molar-refractivity contribution in [3.8, 4) is 22.3 Å². The van der Waals surface area contributed by atoms with Crippen molar-refractivity contribution in [1.29, 1.82) is 0 Å². The van der Waals surface area contributed by atoms with Gasteiger partial charge in [0.15, 0.2) is 0 Å². The van der Waals surface area contributed by atoms with E-state index in [0.717, 1.165) is 66.9 Å². The molecule has 206 valence electrons. The topological polar surface area (TPSA) is 44.7 Å². The lowest BCUT2D eigenvalue weighted by Crippen LogP contribution is -2.53. The summed E-state index contributed by atoms with van der Waals surface area (Å²) in [6.45, 7) is 12.4. The maximum absolute atomic E-state index is 6.69. The summed E-state index contributed by atoms with van der Waals surface area (Å²) in [6, 6.07) is 25.9. The monoisotopic (exact) mass is 542 g/mol. The molecule has 7 rings (SSSR count). The molecule has 2 aliphatic rings. The van der Waals surface area contributed by atoms with Crippen LogP contribution in [0.15, 0.2) is 81.6 Å². The fraction of sp³-hybridized carbons (Fsp3) is 0.278. The first-order valence-electron chi connectivity index (χ1n) is 14.5. The van der Waals surface area contributed by atoms with E-state index in [4.69, 9.17) is 18.2 Å². The van der Waals surface area contributed by atoms with E-state index in [1.54, 1.807) is 7.11 Å². The highest BCUT2D eigenvalue weighted by atomic mass is 16.5. The standard InChI is InChI=1S/C36H35BO4/c1-8-21-9-11-22(12-10-21)23-13-17-27-31-24(23)14-18-29-33(31)34-30(39-27)19-15-25-26(16-20-28(40-29)32(25)34)37(6)41-36(4,5)35(2,3)38-7/h9-20H,8H2,1-7H3. The number of methoxy groups -OCH3 is 1. The molecule has 0 bridgehead atoms. The van der Waals surface area contributed by atoms with E-state index in [9.17, 15) is 0 Å². The van der Waals surface area contributed by atoms with Crippen LogP contribution in [0.4, 0.5) is 0 Å². The molecule has 0 unspecified atom stereocenters. The molecule has 0 saturated carbocycles. The minimum Gasteiger partial charge on any atom is -0.456 e. The second-order valence-corrected chi connectivity index (χ2v) is 12.2. The summed E-state index contributed by atoms with van der Waals surface area (Å²) in [5.74, 6) is 0. The second-order valence-electron chi connectivity index (χ2n) is 12.2. The van der Waals surface area contributed by atoms with Crippen molar-refractivity contribution in [3.63, 3.8) is 0 Å². The van der Waals surface area contributed by atoms with Crippen LogP contribution in [0.25, 0.3) is 66.1 Å². The van der Waals surface area contributed by atoms with Gasteiger partial charge in [0.05, 0.1) is 11.2 Å². The lowest BCUT2D eigenvalue weighted by Gasteiger charge is -2.42. The quantitative estimate of drug-likeness (QED) is 0.114. The normalized spacial score (nSPS) is 13.0. The van der Waals surface area contributed by atoms with Gasteiger partial charge in [-0.1, -0.05) is 56.2 Å². The highest BCUT2D eigenvalue weighted by Gasteiger charge is 2.40. The molecule has 5 aromatic carbocycles. The number of ether oxygens (including phenoxy) is 1. The van der Waals surface area contributed by atoms with Crippen LogP contribution >= 0.6 is 0 Å². The van der Waals surface area contributed by atoms with Crippen LogP contribution in [-0.2, 0) is 15.8 Å². The fourth-order valence-corrected chi connectivity index (χ4v) is 6.31. The van der Waals surface area contributed by atoms with Gasteiger partial charge in [0.2, 0.25) is 0 Å². The molecule has 5 aromatic rings. The molecule has 0 radical (unpaired) electrons. The number of aryl methyl sites for hydroxylation is 1. The molecule has 0 saturated heterocycles. The van der Waals surface area contributed by atoms with Gasteiger partial charge in [0, 0.05) is 29.0 Å². The summed E-state index contributed by atoms with van der Waals surface area (Å²) in [5, 5.41) is 4.45. The maximum atomic E-state index is 6.69. The molecule has 0 atom stereocenters. The zero-order chi connectivity index (χ0) is 28.7. The molecule has 2 aliphatic heterocycles. The first-order valence-corrected chi connectivity index (χ1v) is 14.5. The minimum atomic E-state index is -0.513. The van der Waals surface area contributed by atoms with Crippen LogP contribution in [-0.4, -0.2) is 25.2 Å². The third kappa shape index (κ3) is 3.83. The zero-order valence-corrected chi connectivity index (χ0v) is 24.8. The van der Waals surface area contributed by atoms with Crippen molar-refractivity contribution in [3.05, 3.63) is 78.4 Å². The van der Waals surface area contributed by atoms with Crippen LogP contribution in [0.5, 0.6) is 0 Å². The molecule has 5 heteroatoms. The van der Waals surface area contributed by atoms with Gasteiger partial charge in [0.1, 0.15) is 22.3 Å². The molecule has 0 spiro atoms. The van der Waals surface area contributed by atoms with E-state index >= 15 is 0 Å². The van der Waals surface area contributed by atoms with Gasteiger partial charge in [-0.05, 0) is 97.4 Å². The highest BCUT2D eigenvalue weighted by molar-refractivity contribution is 6.69. The minimum absolute atomic E-state index is 0.168. The van der Waals surface area contributed by atoms with Crippen molar-refractivity contribution in [2.75, 3.05) is 7.11 Å². The molecule has 0 amide bonds. The van der Waals surface area contributed by atoms with Crippen LogP contribution in [0, 0.1) is 0 Å². The number of benzene rings is 5. The molecular formula is C36H35BO4. The molecule has 2 heterocycles. The first-order chi connectivity index (χ1) is 19.6. The Labute approximate surface area is 241 Å². The van der Waals surface area contributed by atoms with Gasteiger partial charge < -0.3 is 18.2 Å². The third-order valence-corrected chi connectivity index (χ3v) is 9.48. The molecule has 0 fully saturated rings. The van der Waals surface area contributed by atoms with Crippen molar-refractivity contribution in [2.24, 2.45) is 0 Å². The number of rotatable bonds is 7. The third-order valence-electron chi connectivity index (χ3n) is 9.48. The number of hydrogen-bond acceptors (Lipinski definition) is 4. The Morgan fingerprint density at radius 2 is 1.22 bits per heavy atom. The molecule has 0 aromatic heterocycles. The lowest BCUT2D eigenvalue weighted by molar-refractivity contribution is -0.116. The lowest BCUT2D eigenvalue weighted by atomic mass is 9.60. The van der Waals surface area contributed by atoms with Gasteiger partial charge in [-0.2, -0.15) is 0 Å². The SMILES string of the molecule is CCc1ccc(-c2ccc3oc4ccc5c(B(C)OC(C)(C)C(C)(C)OC)ccc6oc7ccc2c3c7-c4c65)cc1. The van der Waals surface area contributed by atoms with Gasteiger partial charge in [-0.3, -0.25) is 0 Å². The van der Waals surface area contributed by atoms with Crippen molar-refractivity contribution in [2.45, 2.75) is 59.1 Å². The predicted molar refractivity (Wildman–Crippen MR) is 171 cm³/mol. The van der Waals surface area contributed by atoms with Crippen LogP contribution in [0.1, 0.15) is 40.2 Å². The summed E-state index contributed by atoms with van der Waals surface area (Å²) in [6.07, 6.45) is 1.03. The average molecular weight is 542 g/mol. The molecule has 0 aliphatic carbocycles. The van der Waals surface area contributed by atoms with Crippen LogP contribution in [0.2, 0.25) is 6.82 Å². The second kappa shape index (κ2) is 9.10. The largest absolute Gasteiger partial charge is 0.456 e. The predicted octanol–water partition coefficient (Wildman–Crippen LogP) is 9.31. The summed E-state index contributed by atoms with van der Waals surface area (Å²) in [4.78, 5) is 0. The Balaban J connectivity index is 1.45. The smallest absolute Gasteiger partial charge is 0.324 e. The van der Waals surface area contributed by atoms with E-state index in [-0.39, 0.29) is 6.92 Å². The van der Waals surface area contributed by atoms with Crippen LogP contribution < -0.4 is 5.46 Å². The maximum Gasteiger partial charge on any atom is 0.324 e. The Morgan fingerprint density at radius 1 is 0.659 bits per heavy atom. The van der Waals surface area contributed by atoms with E-state index in [2.05, 4.69) is 114 Å². The summed E-state index contributed by atoms with van der Waals surface area (Å²) in [7, 11) is 1.73. The number of hydrogen-bond donors (Lipinski definition) is 0. The van der Waals surface area contributed by atoms with Gasteiger partial charge in [0.25, 0.3) is 0 Å². The molecule has 0 N–H and O–H groups in total. The molecule has 41 heavy (non-hydrogen) atoms. The van der Waals surface area contributed by atoms with Gasteiger partial charge >= 0.3 is 6.92 Å². The fourth-order valence-electron chi connectivity index (χ4n) is 6.31. The van der Waals surface area contributed by atoms with Crippen LogP contribution in [0.3, 0.4) is 0 Å². The van der Waals surface area contributed by atoms with E-state index in [1.165, 1.54) is 16.7 Å². The Kier molecular flexibility index (Phi) is 5.80. The Morgan fingerprint density at radius 3 is 1.83 bits per heavy atom. The van der Waals surface area contributed by atoms with E-state index in [0.29, 0.717) is 0 Å². The first kappa shape index (κ1) is 26.1. The average Bonchev–Trinajstić information content (AvgIpc) is 2.98.